The highest BCUT2D eigenvalue weighted by Crippen LogP contribution is 2.65. The Hall–Kier alpha value is -4.82. The van der Waals surface area contributed by atoms with Gasteiger partial charge in [-0.1, -0.05) is 76.3 Å². The van der Waals surface area contributed by atoms with Crippen LogP contribution in [0.2, 0.25) is 20.1 Å². The fourth-order valence-corrected chi connectivity index (χ4v) is 9.78. The number of phenols is 1. The van der Waals surface area contributed by atoms with Gasteiger partial charge in [0.1, 0.15) is 0 Å². The molecule has 4 aliphatic rings. The van der Waals surface area contributed by atoms with E-state index in [1.54, 1.807) is 49.4 Å². The number of alkyl halides is 3. The molecule has 6 atom stereocenters. The van der Waals surface area contributed by atoms with Crippen LogP contribution in [0.3, 0.4) is 0 Å². The van der Waals surface area contributed by atoms with Crippen LogP contribution in [0.5, 0.6) is 11.5 Å². The van der Waals surface area contributed by atoms with Crippen molar-refractivity contribution in [2.75, 3.05) is 17.4 Å². The van der Waals surface area contributed by atoms with E-state index in [1.807, 2.05) is 6.08 Å². The van der Waals surface area contributed by atoms with Crippen LogP contribution in [0.4, 0.5) is 24.7 Å². The van der Waals surface area contributed by atoms with E-state index in [0.717, 1.165) is 10.5 Å². The van der Waals surface area contributed by atoms with Crippen molar-refractivity contribution in [2.45, 2.75) is 37.3 Å². The molecule has 8 rings (SSSR count). The smallest absolute Gasteiger partial charge is 0.417 e. The number of hydrogen-bond donors (Lipinski definition) is 2. The van der Waals surface area contributed by atoms with Gasteiger partial charge in [0.25, 0.3) is 11.8 Å². The number of benzene rings is 3. The Labute approximate surface area is 343 Å². The maximum atomic E-state index is 15.4. The number of ether oxygens (including phenoxy) is 1. The fourth-order valence-electron chi connectivity index (χ4n) is 9.05. The lowest BCUT2D eigenvalue weighted by Crippen LogP contribution is -2.53. The minimum atomic E-state index is -4.77. The lowest BCUT2D eigenvalue weighted by Gasteiger charge is -2.50. The molecule has 294 valence electrons. The maximum absolute atomic E-state index is 15.4. The van der Waals surface area contributed by atoms with Gasteiger partial charge in [-0.2, -0.15) is 18.2 Å². The van der Waals surface area contributed by atoms with Crippen molar-refractivity contribution in [1.29, 1.82) is 0 Å². The van der Waals surface area contributed by atoms with Gasteiger partial charge in [-0.05, 0) is 84.8 Å². The van der Waals surface area contributed by atoms with Crippen molar-refractivity contribution in [2.24, 2.45) is 23.7 Å². The van der Waals surface area contributed by atoms with Crippen LogP contribution in [-0.2, 0) is 30.8 Å². The molecule has 1 aromatic heterocycles. The first-order valence-corrected chi connectivity index (χ1v) is 19.0. The normalized spacial score (nSPS) is 25.6. The van der Waals surface area contributed by atoms with Crippen molar-refractivity contribution in [3.05, 3.63) is 121 Å². The summed E-state index contributed by atoms with van der Waals surface area (Å²) in [7, 11) is 1.31. The molecule has 4 aromatic rings. The Morgan fingerprint density at radius 3 is 2.26 bits per heavy atom. The molecule has 1 saturated carbocycles. The molecule has 0 spiro atoms. The molecule has 3 heterocycles. The van der Waals surface area contributed by atoms with E-state index in [0.29, 0.717) is 44.0 Å². The van der Waals surface area contributed by atoms with Crippen molar-refractivity contribution in [1.82, 2.24) is 9.99 Å². The minimum Gasteiger partial charge on any atom is -0.503 e. The second-order valence-electron chi connectivity index (χ2n) is 14.4. The number of hydrazine groups is 1. The van der Waals surface area contributed by atoms with Gasteiger partial charge >= 0.3 is 6.18 Å². The highest BCUT2D eigenvalue weighted by Gasteiger charge is 2.70. The van der Waals surface area contributed by atoms with Gasteiger partial charge < -0.3 is 9.84 Å². The number of anilines is 2. The van der Waals surface area contributed by atoms with Crippen molar-refractivity contribution in [3.8, 4) is 11.5 Å². The van der Waals surface area contributed by atoms with Crippen molar-refractivity contribution in [3.63, 3.8) is 0 Å². The number of carbonyl (C=O) groups excluding carboxylic acids is 4. The maximum Gasteiger partial charge on any atom is 0.417 e. The number of amides is 4. The SMILES string of the molecule is COc1cc([C@H]2C3=CC[C@@H]4C(=O)N(c5ccc(C)c(Cl)c5)C(=O)[C@@H]4[C@@H]3C[C@H]3C(=O)N(Nc4ncc(C(F)(F)F)cc4Cl)C(=O)[C@@]23c2ccc(Cl)cc2)cc(Cl)c1O. The molecule has 57 heavy (non-hydrogen) atoms. The first-order chi connectivity index (χ1) is 27.0. The number of allylic oxidation sites excluding steroid dienone is 2. The summed E-state index contributed by atoms with van der Waals surface area (Å²) in [5.74, 6) is -8.32. The van der Waals surface area contributed by atoms with Gasteiger partial charge in [0.2, 0.25) is 11.8 Å². The van der Waals surface area contributed by atoms with Crippen molar-refractivity contribution >= 4 is 81.5 Å². The van der Waals surface area contributed by atoms with E-state index in [2.05, 4.69) is 10.4 Å². The Morgan fingerprint density at radius 1 is 0.895 bits per heavy atom. The number of fused-ring (bicyclic) bond motifs is 4. The summed E-state index contributed by atoms with van der Waals surface area (Å²) < 4.78 is 46.0. The molecule has 0 unspecified atom stereocenters. The summed E-state index contributed by atoms with van der Waals surface area (Å²) in [5, 5.41) is 11.5. The number of carbonyl (C=O) groups is 4. The highest BCUT2D eigenvalue weighted by atomic mass is 35.5. The number of hydrogen-bond acceptors (Lipinski definition) is 8. The number of aromatic hydroxyl groups is 1. The lowest BCUT2D eigenvalue weighted by atomic mass is 9.49. The Bertz CT molecular complexity index is 2450. The van der Waals surface area contributed by atoms with Gasteiger partial charge in [-0.15, -0.1) is 0 Å². The molecule has 4 amide bonds. The molecule has 2 aliphatic heterocycles. The summed E-state index contributed by atoms with van der Waals surface area (Å²) in [5.41, 5.74) is 1.88. The number of aromatic nitrogens is 1. The summed E-state index contributed by atoms with van der Waals surface area (Å²) in [4.78, 5) is 63.9. The average Bonchev–Trinajstić information content (AvgIpc) is 3.55. The quantitative estimate of drug-likeness (QED) is 0.145. The second-order valence-corrected chi connectivity index (χ2v) is 16.1. The summed E-state index contributed by atoms with van der Waals surface area (Å²) >= 11 is 25.6. The molecule has 0 bridgehead atoms. The molecule has 2 N–H and O–H groups in total. The van der Waals surface area contributed by atoms with Crippen LogP contribution in [0.1, 0.15) is 41.0 Å². The zero-order chi connectivity index (χ0) is 40.9. The van der Waals surface area contributed by atoms with Gasteiger partial charge in [0, 0.05) is 22.2 Å². The van der Waals surface area contributed by atoms with E-state index in [4.69, 9.17) is 51.1 Å². The summed E-state index contributed by atoms with van der Waals surface area (Å²) in [6.45, 7) is 1.79. The number of nitrogens with zero attached hydrogens (tertiary/aromatic N) is 3. The van der Waals surface area contributed by atoms with E-state index in [1.165, 1.54) is 19.2 Å². The van der Waals surface area contributed by atoms with Gasteiger partial charge in [0.15, 0.2) is 17.3 Å². The number of pyridine rings is 1. The van der Waals surface area contributed by atoms with Crippen LogP contribution >= 0.6 is 46.4 Å². The van der Waals surface area contributed by atoms with E-state index < -0.39 is 81.2 Å². The first-order valence-electron chi connectivity index (χ1n) is 17.5. The van der Waals surface area contributed by atoms with E-state index in [-0.39, 0.29) is 35.1 Å². The third-order valence-electron chi connectivity index (χ3n) is 11.6. The first kappa shape index (κ1) is 39.0. The van der Waals surface area contributed by atoms with Gasteiger partial charge in [-0.3, -0.25) is 24.6 Å². The molecule has 0 radical (unpaired) electrons. The summed E-state index contributed by atoms with van der Waals surface area (Å²) in [6.07, 6.45) is -2.44. The van der Waals surface area contributed by atoms with Gasteiger partial charge in [-0.25, -0.2) is 9.88 Å². The van der Waals surface area contributed by atoms with Crippen LogP contribution in [-0.4, -0.2) is 45.8 Å². The fraction of sp³-hybridized carbons (Fsp3) is 0.275. The van der Waals surface area contributed by atoms with Crippen LogP contribution in [0, 0.1) is 30.6 Å². The standard InChI is InChI=1S/C40H29Cl4F3N4O6/c1-17-3-8-22(14-27(17)42)50-35(53)24-10-9-23-25(31(24)37(50)55)15-26-36(54)51(49-34-29(44)13-20(16-48-34)40(45,46)47)38(56)39(26,19-4-6-21(41)7-5-19)32(23)18-11-28(43)33(52)30(12-18)57-2/h3-9,11-14,16,24-26,31-32,52H,10,15H2,1-2H3,(H,48,49)/t24-,25+,26-,31-,32-,39+/m0/s1. The summed E-state index contributed by atoms with van der Waals surface area (Å²) in [6, 6.07) is 14.7. The van der Waals surface area contributed by atoms with E-state index in [9.17, 15) is 32.7 Å². The third kappa shape index (κ3) is 5.95. The van der Waals surface area contributed by atoms with Crippen LogP contribution in [0.25, 0.3) is 0 Å². The Morgan fingerprint density at radius 2 is 1.61 bits per heavy atom. The molecule has 10 nitrogen and oxygen atoms in total. The molecular weight excluding hydrogens is 831 g/mol. The highest BCUT2D eigenvalue weighted by molar-refractivity contribution is 6.33. The Kier molecular flexibility index (Phi) is 9.54. The number of nitrogens with one attached hydrogen (secondary N) is 1. The largest absolute Gasteiger partial charge is 0.503 e. The number of imide groups is 2. The van der Waals surface area contributed by atoms with Gasteiger partial charge in [0.05, 0.1) is 51.6 Å². The number of aryl methyl sites for hydroxylation is 1. The van der Waals surface area contributed by atoms with Crippen LogP contribution < -0.4 is 15.1 Å². The monoisotopic (exact) mass is 858 g/mol. The average molecular weight is 861 g/mol. The molecule has 3 fully saturated rings. The number of rotatable bonds is 6. The topological polar surface area (TPSA) is 129 Å². The molecular formula is C40H29Cl4F3N4O6. The predicted octanol–water partition coefficient (Wildman–Crippen LogP) is 8.93. The minimum absolute atomic E-state index is 0.0428. The number of halogens is 7. The van der Waals surface area contributed by atoms with E-state index >= 15 is 4.79 Å². The molecule has 17 heteroatoms. The lowest BCUT2D eigenvalue weighted by molar-refractivity contribution is -0.139. The van der Waals surface area contributed by atoms with Crippen molar-refractivity contribution < 1.29 is 42.2 Å². The number of phenolic OH excluding ortho intramolecular Hbond substituents is 1. The molecule has 3 aromatic carbocycles. The number of methoxy groups -OCH3 is 1. The molecule has 2 saturated heterocycles. The zero-order valence-corrected chi connectivity index (χ0v) is 32.7. The zero-order valence-electron chi connectivity index (χ0n) is 29.7. The Balaban J connectivity index is 1.33. The third-order valence-corrected chi connectivity index (χ3v) is 12.8. The second kappa shape index (κ2) is 13.9. The van der Waals surface area contributed by atoms with Crippen LogP contribution in [0.15, 0.2) is 78.5 Å². The molecule has 2 aliphatic carbocycles. The predicted molar refractivity (Wildman–Crippen MR) is 205 cm³/mol.